The van der Waals surface area contributed by atoms with E-state index in [-0.39, 0.29) is 6.04 Å². The summed E-state index contributed by atoms with van der Waals surface area (Å²) in [5, 5.41) is 4.32. The van der Waals surface area contributed by atoms with Crippen molar-refractivity contribution in [3.05, 3.63) is 47.5 Å². The first-order valence-corrected chi connectivity index (χ1v) is 6.16. The van der Waals surface area contributed by atoms with Crippen molar-refractivity contribution in [3.8, 4) is 0 Å². The Hall–Kier alpha value is -1.72. The van der Waals surface area contributed by atoms with E-state index < -0.39 is 0 Å². The molecule has 0 aliphatic heterocycles. The van der Waals surface area contributed by atoms with Gasteiger partial charge in [-0.2, -0.15) is 5.10 Å². The summed E-state index contributed by atoms with van der Waals surface area (Å²) >= 11 is 0. The third kappa shape index (κ3) is 2.57. The fourth-order valence-corrected chi connectivity index (χ4v) is 2.03. The Bertz CT molecular complexity index is 506. The van der Waals surface area contributed by atoms with E-state index >= 15 is 0 Å². The van der Waals surface area contributed by atoms with Crippen molar-refractivity contribution in [1.29, 1.82) is 0 Å². The minimum Gasteiger partial charge on any atom is -0.270 e. The van der Waals surface area contributed by atoms with Gasteiger partial charge in [-0.25, -0.2) is 5.43 Å². The number of aryl methyl sites for hydroxylation is 2. The maximum Gasteiger partial charge on any atom is 0.105 e. The monoisotopic (exact) mass is 245 g/mol. The topological polar surface area (TPSA) is 68.8 Å². The Labute approximate surface area is 107 Å². The molecule has 0 saturated carbocycles. The highest BCUT2D eigenvalue weighted by Crippen LogP contribution is 2.20. The molecule has 3 N–H and O–H groups in total. The summed E-state index contributed by atoms with van der Waals surface area (Å²) in [4.78, 5) is 4.38. The second-order valence-corrected chi connectivity index (χ2v) is 4.34. The average molecular weight is 245 g/mol. The molecule has 0 spiro atoms. The Balaban J connectivity index is 2.36. The van der Waals surface area contributed by atoms with Crippen LogP contribution in [0.15, 0.2) is 30.6 Å². The summed E-state index contributed by atoms with van der Waals surface area (Å²) in [6.45, 7) is 5.05. The molecule has 0 saturated heterocycles. The minimum atomic E-state index is -0.126. The molecule has 1 atom stereocenters. The van der Waals surface area contributed by atoms with Gasteiger partial charge in [0.2, 0.25) is 0 Å². The third-order valence-electron chi connectivity index (χ3n) is 2.88. The maximum atomic E-state index is 5.68. The van der Waals surface area contributed by atoms with Crippen LogP contribution in [0.1, 0.15) is 36.3 Å². The van der Waals surface area contributed by atoms with Gasteiger partial charge in [-0.15, -0.1) is 0 Å². The van der Waals surface area contributed by atoms with Crippen LogP contribution in [0, 0.1) is 6.92 Å². The van der Waals surface area contributed by atoms with E-state index in [0.29, 0.717) is 0 Å². The molecule has 2 heterocycles. The van der Waals surface area contributed by atoms with E-state index in [2.05, 4.69) is 22.4 Å². The third-order valence-corrected chi connectivity index (χ3v) is 2.88. The Morgan fingerprint density at radius 3 is 2.89 bits per heavy atom. The molecule has 0 aliphatic carbocycles. The van der Waals surface area contributed by atoms with Crippen molar-refractivity contribution in [1.82, 2.24) is 20.2 Å². The van der Waals surface area contributed by atoms with Gasteiger partial charge in [0.25, 0.3) is 0 Å². The number of nitrogens with zero attached hydrogens (tertiary/aromatic N) is 3. The Kier molecular flexibility index (Phi) is 4.07. The van der Waals surface area contributed by atoms with E-state index in [9.17, 15) is 0 Å². The van der Waals surface area contributed by atoms with Gasteiger partial charge >= 0.3 is 0 Å². The van der Waals surface area contributed by atoms with Gasteiger partial charge < -0.3 is 0 Å². The van der Waals surface area contributed by atoms with Gasteiger partial charge in [-0.1, -0.05) is 6.92 Å². The number of pyridine rings is 1. The molecular formula is C13H19N5. The zero-order chi connectivity index (χ0) is 13.0. The Morgan fingerprint density at radius 2 is 2.22 bits per heavy atom. The first-order chi connectivity index (χ1) is 8.76. The fraction of sp³-hybridized carbons (Fsp3) is 0.385. The molecule has 0 amide bonds. The number of hydrogen-bond acceptors (Lipinski definition) is 4. The van der Waals surface area contributed by atoms with Gasteiger partial charge in [0.05, 0.1) is 11.4 Å². The Morgan fingerprint density at radius 1 is 1.39 bits per heavy atom. The lowest BCUT2D eigenvalue weighted by Crippen LogP contribution is -2.31. The minimum absolute atomic E-state index is 0.126. The zero-order valence-corrected chi connectivity index (χ0v) is 10.8. The van der Waals surface area contributed by atoms with Crippen molar-refractivity contribution >= 4 is 0 Å². The van der Waals surface area contributed by atoms with Gasteiger partial charge in [-0.3, -0.25) is 15.5 Å². The number of nitrogens with two attached hydrogens (primary N) is 1. The molecule has 5 nitrogen and oxygen atoms in total. The molecule has 0 aromatic carbocycles. The fourth-order valence-electron chi connectivity index (χ4n) is 2.03. The zero-order valence-electron chi connectivity index (χ0n) is 10.8. The lowest BCUT2D eigenvalue weighted by Gasteiger charge is -2.17. The summed E-state index contributed by atoms with van der Waals surface area (Å²) in [7, 11) is 0. The molecule has 0 bridgehead atoms. The smallest absolute Gasteiger partial charge is 0.105 e. The lowest BCUT2D eigenvalue weighted by atomic mass is 10.1. The number of rotatable bonds is 5. The predicted octanol–water partition coefficient (Wildman–Crippen LogP) is 1.55. The number of nitrogens with one attached hydrogen (secondary N) is 1. The number of hydrazine groups is 1. The van der Waals surface area contributed by atoms with Gasteiger partial charge in [0, 0.05) is 18.9 Å². The van der Waals surface area contributed by atoms with Gasteiger partial charge in [0.1, 0.15) is 6.04 Å². The lowest BCUT2D eigenvalue weighted by molar-refractivity contribution is 0.515. The molecule has 0 aliphatic rings. The summed E-state index contributed by atoms with van der Waals surface area (Å²) in [5.41, 5.74) is 5.94. The number of hydrogen-bond donors (Lipinski definition) is 2. The molecule has 0 fully saturated rings. The normalized spacial score (nSPS) is 12.6. The van der Waals surface area contributed by atoms with Crippen LogP contribution >= 0.6 is 0 Å². The van der Waals surface area contributed by atoms with Crippen molar-refractivity contribution in [2.24, 2.45) is 5.84 Å². The standard InChI is InChI=1S/C13H19N5/c1-3-8-18-12(5-7-16-18)13(17-14)11-9-10(2)4-6-15-11/h4-7,9,13,17H,3,8,14H2,1-2H3. The summed E-state index contributed by atoms with van der Waals surface area (Å²) in [5.74, 6) is 5.68. The molecule has 18 heavy (non-hydrogen) atoms. The van der Waals surface area contributed by atoms with E-state index in [1.165, 1.54) is 5.56 Å². The highest BCUT2D eigenvalue weighted by Gasteiger charge is 2.17. The molecule has 2 rings (SSSR count). The van der Waals surface area contributed by atoms with Crippen LogP contribution in [-0.4, -0.2) is 14.8 Å². The highest BCUT2D eigenvalue weighted by molar-refractivity contribution is 5.24. The second-order valence-electron chi connectivity index (χ2n) is 4.34. The van der Waals surface area contributed by atoms with Crippen molar-refractivity contribution in [3.63, 3.8) is 0 Å². The van der Waals surface area contributed by atoms with Crippen LogP contribution in [0.4, 0.5) is 0 Å². The SMILES string of the molecule is CCCn1nccc1C(NN)c1cc(C)ccn1. The van der Waals surface area contributed by atoms with Gasteiger partial charge in [-0.05, 0) is 37.1 Å². The van der Waals surface area contributed by atoms with E-state index in [1.807, 2.05) is 29.8 Å². The summed E-state index contributed by atoms with van der Waals surface area (Å²) in [6.07, 6.45) is 4.63. The van der Waals surface area contributed by atoms with Crippen LogP contribution in [-0.2, 0) is 6.54 Å². The average Bonchev–Trinajstić information content (AvgIpc) is 2.79. The summed E-state index contributed by atoms with van der Waals surface area (Å²) in [6, 6.07) is 5.86. The number of aromatic nitrogens is 3. The van der Waals surface area contributed by atoms with Crippen LogP contribution in [0.2, 0.25) is 0 Å². The van der Waals surface area contributed by atoms with Crippen molar-refractivity contribution in [2.45, 2.75) is 32.9 Å². The molecule has 2 aromatic heterocycles. The highest BCUT2D eigenvalue weighted by atomic mass is 15.3. The van der Waals surface area contributed by atoms with Crippen LogP contribution in [0.3, 0.4) is 0 Å². The largest absolute Gasteiger partial charge is 0.270 e. The molecule has 5 heteroatoms. The van der Waals surface area contributed by atoms with Crippen LogP contribution in [0.5, 0.6) is 0 Å². The molecule has 96 valence electrons. The first-order valence-electron chi connectivity index (χ1n) is 6.16. The second kappa shape index (κ2) is 5.75. The molecular weight excluding hydrogens is 226 g/mol. The molecule has 1 unspecified atom stereocenters. The molecule has 2 aromatic rings. The van der Waals surface area contributed by atoms with E-state index in [0.717, 1.165) is 24.4 Å². The van der Waals surface area contributed by atoms with E-state index in [4.69, 9.17) is 5.84 Å². The maximum absolute atomic E-state index is 5.68. The molecule has 0 radical (unpaired) electrons. The first kappa shape index (κ1) is 12.7. The van der Waals surface area contributed by atoms with Gasteiger partial charge in [0.15, 0.2) is 0 Å². The van der Waals surface area contributed by atoms with Crippen molar-refractivity contribution < 1.29 is 0 Å². The predicted molar refractivity (Wildman–Crippen MR) is 70.7 cm³/mol. The van der Waals surface area contributed by atoms with Crippen molar-refractivity contribution in [2.75, 3.05) is 0 Å². The van der Waals surface area contributed by atoms with E-state index in [1.54, 1.807) is 12.4 Å². The van der Waals surface area contributed by atoms with Crippen LogP contribution in [0.25, 0.3) is 0 Å². The summed E-state index contributed by atoms with van der Waals surface area (Å²) < 4.78 is 1.97. The quantitative estimate of drug-likeness (QED) is 0.619. The van der Waals surface area contributed by atoms with Crippen LogP contribution < -0.4 is 11.3 Å².